The van der Waals surface area contributed by atoms with Crippen LogP contribution in [-0.4, -0.2) is 29.7 Å². The van der Waals surface area contributed by atoms with Crippen molar-refractivity contribution in [2.75, 3.05) is 19.8 Å². The van der Waals surface area contributed by atoms with Gasteiger partial charge in [-0.05, 0) is 45.1 Å². The predicted molar refractivity (Wildman–Crippen MR) is 75.6 cm³/mol. The summed E-state index contributed by atoms with van der Waals surface area (Å²) in [5, 5.41) is 11.2. The molecule has 0 atom stereocenters. The summed E-state index contributed by atoms with van der Waals surface area (Å²) in [6.07, 6.45) is 4.03. The van der Waals surface area contributed by atoms with Crippen LogP contribution in [0.4, 0.5) is 5.69 Å². The summed E-state index contributed by atoms with van der Waals surface area (Å²) >= 11 is 0. The van der Waals surface area contributed by atoms with Crippen molar-refractivity contribution in [3.63, 3.8) is 0 Å². The van der Waals surface area contributed by atoms with E-state index in [1.54, 1.807) is 20.0 Å². The summed E-state index contributed by atoms with van der Waals surface area (Å²) in [5.74, 6) is 0. The van der Waals surface area contributed by atoms with Crippen LogP contribution < -0.4 is 5.73 Å². The summed E-state index contributed by atoms with van der Waals surface area (Å²) in [5.41, 5.74) is 8.13. The maximum atomic E-state index is 11.2. The Hall–Kier alpha value is -1.53. The van der Waals surface area contributed by atoms with Crippen LogP contribution >= 0.6 is 0 Å². The smallest absolute Gasteiger partial charge is 0.278 e. The zero-order chi connectivity index (χ0) is 14.8. The van der Waals surface area contributed by atoms with Gasteiger partial charge in [0.15, 0.2) is 0 Å². The van der Waals surface area contributed by atoms with Gasteiger partial charge >= 0.3 is 0 Å². The Morgan fingerprint density at radius 2 is 2.10 bits per heavy atom. The van der Waals surface area contributed by atoms with Gasteiger partial charge in [-0.25, -0.2) is 0 Å². The Morgan fingerprint density at radius 1 is 1.45 bits per heavy atom. The molecule has 1 aliphatic heterocycles. The number of aromatic nitrogens is 1. The van der Waals surface area contributed by atoms with E-state index in [1.165, 1.54) is 0 Å². The van der Waals surface area contributed by atoms with E-state index in [9.17, 15) is 10.1 Å². The van der Waals surface area contributed by atoms with E-state index in [4.69, 9.17) is 10.5 Å². The lowest BCUT2D eigenvalue weighted by atomic mass is 9.75. The molecule has 0 aromatic carbocycles. The van der Waals surface area contributed by atoms with Gasteiger partial charge < -0.3 is 10.5 Å². The number of rotatable bonds is 4. The highest BCUT2D eigenvalue weighted by Crippen LogP contribution is 2.35. The molecule has 1 aromatic heterocycles. The van der Waals surface area contributed by atoms with Crippen LogP contribution in [0.15, 0.2) is 6.20 Å². The molecular formula is C14H21N3O3. The van der Waals surface area contributed by atoms with Crippen molar-refractivity contribution in [1.29, 1.82) is 0 Å². The molecule has 2 heterocycles. The summed E-state index contributed by atoms with van der Waals surface area (Å²) in [4.78, 5) is 15.3. The van der Waals surface area contributed by atoms with Crippen molar-refractivity contribution in [1.82, 2.24) is 4.98 Å². The average Bonchev–Trinajstić information content (AvgIpc) is 2.43. The van der Waals surface area contributed by atoms with E-state index >= 15 is 0 Å². The molecule has 6 heteroatoms. The highest BCUT2D eigenvalue weighted by molar-refractivity contribution is 5.47. The lowest BCUT2D eigenvalue weighted by Gasteiger charge is -2.36. The van der Waals surface area contributed by atoms with Crippen LogP contribution in [0.1, 0.15) is 29.7 Å². The molecule has 1 aromatic rings. The van der Waals surface area contributed by atoms with Crippen LogP contribution in [0, 0.1) is 29.4 Å². The molecule has 0 radical (unpaired) electrons. The van der Waals surface area contributed by atoms with E-state index in [1.807, 2.05) is 0 Å². The monoisotopic (exact) mass is 279 g/mol. The number of ether oxygens (including phenoxy) is 1. The fraction of sp³-hybridized carbons (Fsp3) is 0.643. The first kappa shape index (κ1) is 14.9. The number of aryl methyl sites for hydroxylation is 1. The molecule has 2 rings (SSSR count). The Kier molecular flexibility index (Phi) is 4.35. The zero-order valence-electron chi connectivity index (χ0n) is 12.0. The molecule has 0 unspecified atom stereocenters. The quantitative estimate of drug-likeness (QED) is 0.671. The molecule has 0 saturated carbocycles. The first-order chi connectivity index (χ1) is 9.49. The SMILES string of the molecule is Cc1cnc(CC2(CN)CCOCC2)c(C)c1[N+](=O)[O-]. The molecule has 20 heavy (non-hydrogen) atoms. The third-order valence-electron chi connectivity index (χ3n) is 4.29. The number of nitrogens with two attached hydrogens (primary N) is 1. The summed E-state index contributed by atoms with van der Waals surface area (Å²) in [7, 11) is 0. The fourth-order valence-corrected chi connectivity index (χ4v) is 2.84. The molecule has 1 fully saturated rings. The van der Waals surface area contributed by atoms with Crippen molar-refractivity contribution >= 4 is 5.69 Å². The second-order valence-corrected chi connectivity index (χ2v) is 5.61. The van der Waals surface area contributed by atoms with E-state index in [-0.39, 0.29) is 16.0 Å². The van der Waals surface area contributed by atoms with Gasteiger partial charge in [-0.15, -0.1) is 0 Å². The van der Waals surface area contributed by atoms with Crippen molar-refractivity contribution in [2.45, 2.75) is 33.1 Å². The van der Waals surface area contributed by atoms with Crippen LogP contribution in [0.25, 0.3) is 0 Å². The molecule has 6 nitrogen and oxygen atoms in total. The van der Waals surface area contributed by atoms with Crippen LogP contribution in [0.3, 0.4) is 0 Å². The third kappa shape index (κ3) is 2.81. The highest BCUT2D eigenvalue weighted by atomic mass is 16.6. The molecule has 0 bridgehead atoms. The summed E-state index contributed by atoms with van der Waals surface area (Å²) in [6, 6.07) is 0. The number of nitro groups is 1. The van der Waals surface area contributed by atoms with Gasteiger partial charge in [-0.2, -0.15) is 0 Å². The maximum absolute atomic E-state index is 11.2. The lowest BCUT2D eigenvalue weighted by Crippen LogP contribution is -2.38. The van der Waals surface area contributed by atoms with Gasteiger partial charge in [-0.3, -0.25) is 15.1 Å². The first-order valence-electron chi connectivity index (χ1n) is 6.86. The first-order valence-corrected chi connectivity index (χ1v) is 6.86. The molecule has 110 valence electrons. The summed E-state index contributed by atoms with van der Waals surface area (Å²) in [6.45, 7) is 5.44. The van der Waals surface area contributed by atoms with Crippen molar-refractivity contribution in [3.8, 4) is 0 Å². The van der Waals surface area contributed by atoms with E-state index in [0.717, 1.165) is 18.5 Å². The van der Waals surface area contributed by atoms with Gasteiger partial charge in [0, 0.05) is 30.5 Å². The van der Waals surface area contributed by atoms with E-state index in [2.05, 4.69) is 4.98 Å². The van der Waals surface area contributed by atoms with Crippen LogP contribution in [-0.2, 0) is 11.2 Å². The fourth-order valence-electron chi connectivity index (χ4n) is 2.84. The zero-order valence-corrected chi connectivity index (χ0v) is 12.0. The Balaban J connectivity index is 2.33. The topological polar surface area (TPSA) is 91.3 Å². The molecule has 0 aliphatic carbocycles. The average molecular weight is 279 g/mol. The van der Waals surface area contributed by atoms with Crippen LogP contribution in [0.5, 0.6) is 0 Å². The second-order valence-electron chi connectivity index (χ2n) is 5.61. The van der Waals surface area contributed by atoms with Gasteiger partial charge in [0.05, 0.1) is 10.6 Å². The van der Waals surface area contributed by atoms with Crippen molar-refractivity contribution in [3.05, 3.63) is 33.1 Å². The standard InChI is InChI=1S/C14H21N3O3/c1-10-8-16-12(11(2)13(10)17(18)19)7-14(9-15)3-5-20-6-4-14/h8H,3-7,9,15H2,1-2H3. The maximum Gasteiger partial charge on any atom is 0.278 e. The third-order valence-corrected chi connectivity index (χ3v) is 4.29. The molecular weight excluding hydrogens is 258 g/mol. The van der Waals surface area contributed by atoms with Crippen molar-refractivity contribution in [2.24, 2.45) is 11.1 Å². The second kappa shape index (κ2) is 5.85. The van der Waals surface area contributed by atoms with Gasteiger partial charge in [0.25, 0.3) is 5.69 Å². The Labute approximate surface area is 118 Å². The largest absolute Gasteiger partial charge is 0.381 e. The number of nitrogens with zero attached hydrogens (tertiary/aromatic N) is 2. The molecule has 1 aliphatic rings. The minimum atomic E-state index is -0.324. The number of hydrogen-bond acceptors (Lipinski definition) is 5. The molecule has 0 spiro atoms. The van der Waals surface area contributed by atoms with Gasteiger partial charge in [-0.1, -0.05) is 0 Å². The Bertz CT molecular complexity index is 511. The Morgan fingerprint density at radius 3 is 2.65 bits per heavy atom. The highest BCUT2D eigenvalue weighted by Gasteiger charge is 2.33. The van der Waals surface area contributed by atoms with Gasteiger partial charge in [0.1, 0.15) is 0 Å². The summed E-state index contributed by atoms with van der Waals surface area (Å²) < 4.78 is 5.39. The number of hydrogen-bond donors (Lipinski definition) is 1. The van der Waals surface area contributed by atoms with Crippen LogP contribution in [0.2, 0.25) is 0 Å². The molecule has 1 saturated heterocycles. The van der Waals surface area contributed by atoms with Gasteiger partial charge in [0.2, 0.25) is 0 Å². The predicted octanol–water partition coefficient (Wildman–Crippen LogP) is 1.90. The van der Waals surface area contributed by atoms with E-state index in [0.29, 0.717) is 37.3 Å². The normalized spacial score (nSPS) is 17.9. The number of pyridine rings is 1. The minimum absolute atomic E-state index is 0.0425. The molecule has 2 N–H and O–H groups in total. The molecule has 0 amide bonds. The van der Waals surface area contributed by atoms with Crippen molar-refractivity contribution < 1.29 is 9.66 Å². The lowest BCUT2D eigenvalue weighted by molar-refractivity contribution is -0.386. The minimum Gasteiger partial charge on any atom is -0.381 e. The van der Waals surface area contributed by atoms with E-state index < -0.39 is 0 Å².